The van der Waals surface area contributed by atoms with Gasteiger partial charge >= 0.3 is 12.1 Å². The zero-order valence-corrected chi connectivity index (χ0v) is 17.8. The summed E-state index contributed by atoms with van der Waals surface area (Å²) in [5.41, 5.74) is -0.537. The van der Waals surface area contributed by atoms with Crippen LogP contribution < -0.4 is 5.32 Å². The van der Waals surface area contributed by atoms with Crippen LogP contribution in [0.2, 0.25) is 0 Å². The number of rotatable bonds is 5. The molecule has 29 heavy (non-hydrogen) atoms. The topological polar surface area (TPSA) is 77.1 Å². The summed E-state index contributed by atoms with van der Waals surface area (Å²) < 4.78 is 16.6. The summed E-state index contributed by atoms with van der Waals surface area (Å²) in [6.45, 7) is 9.24. The number of amides is 1. The van der Waals surface area contributed by atoms with Gasteiger partial charge in [0.2, 0.25) is 0 Å². The van der Waals surface area contributed by atoms with Crippen molar-refractivity contribution in [3.8, 4) is 0 Å². The molecule has 0 saturated carbocycles. The maximum Gasteiger partial charge on any atom is 0.408 e. The Morgan fingerprint density at radius 2 is 1.79 bits per heavy atom. The number of benzene rings is 1. The van der Waals surface area contributed by atoms with Gasteiger partial charge in [0.25, 0.3) is 0 Å². The van der Waals surface area contributed by atoms with Crippen LogP contribution in [-0.4, -0.2) is 60.0 Å². The zero-order valence-electron chi connectivity index (χ0n) is 17.8. The minimum absolute atomic E-state index is 0.00190. The van der Waals surface area contributed by atoms with Crippen molar-refractivity contribution in [3.05, 3.63) is 35.9 Å². The van der Waals surface area contributed by atoms with E-state index in [1.807, 2.05) is 18.2 Å². The van der Waals surface area contributed by atoms with Gasteiger partial charge in [0.05, 0.1) is 19.8 Å². The van der Waals surface area contributed by atoms with Crippen LogP contribution in [0.15, 0.2) is 30.3 Å². The van der Waals surface area contributed by atoms with Crippen LogP contribution in [0.3, 0.4) is 0 Å². The molecular formula is C22H32N2O5. The first-order valence-electron chi connectivity index (χ1n) is 10.3. The van der Waals surface area contributed by atoms with Crippen molar-refractivity contribution >= 4 is 12.1 Å². The number of nitrogens with one attached hydrogen (secondary N) is 1. The Morgan fingerprint density at radius 1 is 1.17 bits per heavy atom. The van der Waals surface area contributed by atoms with Crippen molar-refractivity contribution in [2.75, 3.05) is 19.8 Å². The number of morpholine rings is 1. The van der Waals surface area contributed by atoms with E-state index in [0.717, 1.165) is 6.54 Å². The molecule has 3 rings (SSSR count). The second kappa shape index (κ2) is 8.71. The molecule has 7 nitrogen and oxygen atoms in total. The fraction of sp³-hybridized carbons (Fsp3) is 0.636. The molecule has 0 radical (unpaired) electrons. The summed E-state index contributed by atoms with van der Waals surface area (Å²) in [6.07, 6.45) is 0.254. The smallest absolute Gasteiger partial charge is 0.408 e. The monoisotopic (exact) mass is 404 g/mol. The molecule has 1 N–H and O–H groups in total. The lowest BCUT2D eigenvalue weighted by molar-refractivity contribution is -0.163. The third kappa shape index (κ3) is 5.28. The van der Waals surface area contributed by atoms with Crippen molar-refractivity contribution in [1.29, 1.82) is 0 Å². The minimum Gasteiger partial charge on any atom is -0.464 e. The SMILES string of the molecule is CCOC(=O)C1(NC(=O)OC(C)(C)C)CC2COCC(C1)N2Cc1ccccc1. The summed E-state index contributed by atoms with van der Waals surface area (Å²) in [6, 6.07) is 10.3. The average Bonchev–Trinajstić information content (AvgIpc) is 2.62. The van der Waals surface area contributed by atoms with E-state index in [1.54, 1.807) is 27.7 Å². The summed E-state index contributed by atoms with van der Waals surface area (Å²) in [5.74, 6) is -0.401. The van der Waals surface area contributed by atoms with Gasteiger partial charge in [-0.3, -0.25) is 4.90 Å². The number of carbonyl (C=O) groups is 2. The van der Waals surface area contributed by atoms with Gasteiger partial charge in [-0.15, -0.1) is 0 Å². The molecule has 0 spiro atoms. The van der Waals surface area contributed by atoms with Crippen molar-refractivity contribution in [2.24, 2.45) is 0 Å². The summed E-state index contributed by atoms with van der Waals surface area (Å²) in [5, 5.41) is 2.87. The Balaban J connectivity index is 1.81. The molecule has 2 bridgehead atoms. The van der Waals surface area contributed by atoms with E-state index in [1.165, 1.54) is 5.56 Å². The number of piperidine rings is 1. The first-order valence-corrected chi connectivity index (χ1v) is 10.3. The molecule has 2 fully saturated rings. The highest BCUT2D eigenvalue weighted by Crippen LogP contribution is 2.36. The van der Waals surface area contributed by atoms with E-state index in [-0.39, 0.29) is 18.7 Å². The molecular weight excluding hydrogens is 372 g/mol. The molecule has 2 unspecified atom stereocenters. The predicted octanol–water partition coefficient (Wildman–Crippen LogP) is 2.88. The quantitative estimate of drug-likeness (QED) is 0.761. The Kier molecular flexibility index (Phi) is 6.49. The number of nitrogens with zero attached hydrogens (tertiary/aromatic N) is 1. The number of hydrogen-bond donors (Lipinski definition) is 1. The van der Waals surface area contributed by atoms with Crippen molar-refractivity contribution in [1.82, 2.24) is 10.2 Å². The normalized spacial score (nSPS) is 27.2. The van der Waals surface area contributed by atoms with Gasteiger partial charge in [-0.1, -0.05) is 30.3 Å². The van der Waals surface area contributed by atoms with Crippen LogP contribution in [-0.2, 0) is 25.5 Å². The standard InChI is InChI=1S/C22H32N2O5/c1-5-28-19(25)22(23-20(26)29-21(2,3)4)11-17-14-27-15-18(12-22)24(17)13-16-9-7-6-8-10-16/h6-10,17-18H,5,11-15H2,1-4H3,(H,23,26). The zero-order chi connectivity index (χ0) is 21.1. The van der Waals surface area contributed by atoms with Crippen LogP contribution in [0.5, 0.6) is 0 Å². The number of esters is 1. The Hall–Kier alpha value is -2.12. The lowest BCUT2D eigenvalue weighted by Gasteiger charge is -2.52. The van der Waals surface area contributed by atoms with E-state index in [9.17, 15) is 9.59 Å². The molecule has 1 aromatic rings. The summed E-state index contributed by atoms with van der Waals surface area (Å²) in [4.78, 5) is 27.9. The maximum atomic E-state index is 13.0. The maximum absolute atomic E-state index is 13.0. The van der Waals surface area contributed by atoms with Crippen LogP contribution >= 0.6 is 0 Å². The molecule has 7 heteroatoms. The molecule has 0 aliphatic carbocycles. The molecule has 1 amide bonds. The van der Waals surface area contributed by atoms with Crippen LogP contribution in [0.4, 0.5) is 4.79 Å². The third-order valence-corrected chi connectivity index (χ3v) is 5.34. The van der Waals surface area contributed by atoms with Gasteiger partial charge in [0, 0.05) is 18.6 Å². The number of hydrogen-bond acceptors (Lipinski definition) is 6. The predicted molar refractivity (Wildman–Crippen MR) is 108 cm³/mol. The van der Waals surface area contributed by atoms with Crippen LogP contribution in [0.1, 0.15) is 46.1 Å². The number of alkyl carbamates (subject to hydrolysis) is 1. The average molecular weight is 405 g/mol. The molecule has 2 aliphatic rings. The number of fused-ring (bicyclic) bond motifs is 2. The first-order chi connectivity index (χ1) is 13.7. The molecule has 0 aromatic heterocycles. The second-order valence-electron chi connectivity index (χ2n) is 8.84. The fourth-order valence-corrected chi connectivity index (χ4v) is 4.21. The van der Waals surface area contributed by atoms with Gasteiger partial charge in [-0.2, -0.15) is 0 Å². The van der Waals surface area contributed by atoms with Gasteiger partial charge in [0.15, 0.2) is 0 Å². The molecule has 2 atom stereocenters. The number of ether oxygens (including phenoxy) is 3. The first kappa shape index (κ1) is 21.6. The Labute approximate surface area is 172 Å². The van der Waals surface area contributed by atoms with Crippen LogP contribution in [0, 0.1) is 0 Å². The third-order valence-electron chi connectivity index (χ3n) is 5.34. The van der Waals surface area contributed by atoms with Gasteiger partial charge < -0.3 is 19.5 Å². The Morgan fingerprint density at radius 3 is 2.34 bits per heavy atom. The van der Waals surface area contributed by atoms with Gasteiger partial charge in [-0.25, -0.2) is 9.59 Å². The van der Waals surface area contributed by atoms with E-state index in [4.69, 9.17) is 14.2 Å². The van der Waals surface area contributed by atoms with Crippen molar-refractivity contribution in [2.45, 2.75) is 70.3 Å². The van der Waals surface area contributed by atoms with E-state index >= 15 is 0 Å². The molecule has 1 aromatic carbocycles. The van der Waals surface area contributed by atoms with E-state index in [0.29, 0.717) is 26.1 Å². The Bertz CT molecular complexity index is 702. The second-order valence-corrected chi connectivity index (χ2v) is 8.84. The summed E-state index contributed by atoms with van der Waals surface area (Å²) in [7, 11) is 0. The fourth-order valence-electron chi connectivity index (χ4n) is 4.21. The molecule has 2 aliphatic heterocycles. The molecule has 2 heterocycles. The van der Waals surface area contributed by atoms with Crippen molar-refractivity contribution in [3.63, 3.8) is 0 Å². The molecule has 2 saturated heterocycles. The van der Waals surface area contributed by atoms with Gasteiger partial charge in [0.1, 0.15) is 11.1 Å². The van der Waals surface area contributed by atoms with E-state index < -0.39 is 23.2 Å². The largest absolute Gasteiger partial charge is 0.464 e. The van der Waals surface area contributed by atoms with Crippen molar-refractivity contribution < 1.29 is 23.8 Å². The lowest BCUT2D eigenvalue weighted by Crippen LogP contribution is -2.69. The highest BCUT2D eigenvalue weighted by molar-refractivity contribution is 5.86. The minimum atomic E-state index is -1.11. The number of carbonyl (C=O) groups excluding carboxylic acids is 2. The highest BCUT2D eigenvalue weighted by Gasteiger charge is 2.53. The van der Waals surface area contributed by atoms with Crippen LogP contribution in [0.25, 0.3) is 0 Å². The lowest BCUT2D eigenvalue weighted by atomic mass is 9.78. The molecule has 160 valence electrons. The van der Waals surface area contributed by atoms with Gasteiger partial charge in [-0.05, 0) is 46.1 Å². The summed E-state index contributed by atoms with van der Waals surface area (Å²) >= 11 is 0. The highest BCUT2D eigenvalue weighted by atomic mass is 16.6. The van der Waals surface area contributed by atoms with E-state index in [2.05, 4.69) is 22.3 Å².